The number of carbonyl (C=O) groups is 1. The molecule has 0 fully saturated rings. The fourth-order valence-electron chi connectivity index (χ4n) is 2.08. The molecule has 1 aromatic rings. The molecule has 5 nitrogen and oxygen atoms in total. The number of aliphatic hydroxyl groups excluding tert-OH is 2. The van der Waals surface area contributed by atoms with Gasteiger partial charge in [-0.25, -0.2) is 0 Å². The lowest BCUT2D eigenvalue weighted by Crippen LogP contribution is -2.46. The number of para-hydroxylation sites is 1. The average Bonchev–Trinajstić information content (AvgIpc) is 2.51. The molecule has 2 unspecified atom stereocenters. The number of anilines is 1. The predicted octanol–water partition coefficient (Wildman–Crippen LogP) is -0.136. The highest BCUT2D eigenvalue weighted by molar-refractivity contribution is 5.98. The second-order valence-corrected chi connectivity index (χ2v) is 4.52. The molecule has 3 N–H and O–H groups in total. The van der Waals surface area contributed by atoms with Gasteiger partial charge in [0.25, 0.3) is 0 Å². The Morgan fingerprint density at radius 1 is 1.50 bits per heavy atom. The molecule has 1 aliphatic rings. The summed E-state index contributed by atoms with van der Waals surface area (Å²) in [5, 5.41) is 21.6. The monoisotopic (exact) mass is 250 g/mol. The topological polar surface area (TPSA) is 72.8 Å². The lowest BCUT2D eigenvalue weighted by atomic mass is 10.1. The molecule has 0 aromatic heterocycles. The number of rotatable bonds is 3. The SMILES string of the molecule is CC1NCc2ccccc2N(CC(O)CO)C1=O. The Labute approximate surface area is 106 Å². The van der Waals surface area contributed by atoms with Crippen molar-refractivity contribution < 1.29 is 15.0 Å². The maximum atomic E-state index is 12.2. The number of aliphatic hydroxyl groups is 2. The molecule has 0 saturated carbocycles. The minimum absolute atomic E-state index is 0.0903. The van der Waals surface area contributed by atoms with E-state index in [1.807, 2.05) is 24.3 Å². The third-order valence-corrected chi connectivity index (χ3v) is 3.12. The van der Waals surface area contributed by atoms with Crippen molar-refractivity contribution in [2.24, 2.45) is 0 Å². The van der Waals surface area contributed by atoms with E-state index in [4.69, 9.17) is 5.11 Å². The first kappa shape index (κ1) is 13.0. The van der Waals surface area contributed by atoms with Crippen molar-refractivity contribution in [1.82, 2.24) is 5.32 Å². The molecule has 1 aliphatic heterocycles. The van der Waals surface area contributed by atoms with Gasteiger partial charge in [-0.2, -0.15) is 0 Å². The van der Waals surface area contributed by atoms with Crippen LogP contribution >= 0.6 is 0 Å². The van der Waals surface area contributed by atoms with Crippen LogP contribution in [0.2, 0.25) is 0 Å². The maximum absolute atomic E-state index is 12.2. The molecule has 98 valence electrons. The summed E-state index contributed by atoms with van der Waals surface area (Å²) in [5.74, 6) is -0.0903. The lowest BCUT2D eigenvalue weighted by Gasteiger charge is -2.26. The molecular formula is C13H18N2O3. The van der Waals surface area contributed by atoms with Crippen molar-refractivity contribution in [1.29, 1.82) is 0 Å². The number of β-amino-alcohol motifs (C(OH)–C–C–N with tert-alkyl or cyclic N) is 1. The molecule has 1 aromatic carbocycles. The molecule has 2 atom stereocenters. The molecule has 1 heterocycles. The summed E-state index contributed by atoms with van der Waals surface area (Å²) < 4.78 is 0. The van der Waals surface area contributed by atoms with Gasteiger partial charge in [0, 0.05) is 12.2 Å². The molecule has 0 bridgehead atoms. The fourth-order valence-corrected chi connectivity index (χ4v) is 2.08. The average molecular weight is 250 g/mol. The third-order valence-electron chi connectivity index (χ3n) is 3.12. The summed E-state index contributed by atoms with van der Waals surface area (Å²) in [6.45, 7) is 2.17. The predicted molar refractivity (Wildman–Crippen MR) is 68.2 cm³/mol. The standard InChI is InChI=1S/C13H18N2O3/c1-9-13(18)15(7-11(17)8-16)12-5-3-2-4-10(12)6-14-9/h2-5,9,11,14,16-17H,6-8H2,1H3. The van der Waals surface area contributed by atoms with Gasteiger partial charge in [0.05, 0.1) is 25.3 Å². The van der Waals surface area contributed by atoms with E-state index >= 15 is 0 Å². The van der Waals surface area contributed by atoms with Crippen LogP contribution in [0, 0.1) is 0 Å². The van der Waals surface area contributed by atoms with Gasteiger partial charge in [0.15, 0.2) is 0 Å². The summed E-state index contributed by atoms with van der Waals surface area (Å²) in [6.07, 6.45) is -0.924. The van der Waals surface area contributed by atoms with Gasteiger partial charge in [-0.1, -0.05) is 18.2 Å². The van der Waals surface area contributed by atoms with Crippen LogP contribution < -0.4 is 10.2 Å². The number of hydrogen-bond donors (Lipinski definition) is 3. The van der Waals surface area contributed by atoms with E-state index in [9.17, 15) is 9.90 Å². The number of carbonyl (C=O) groups excluding carboxylic acids is 1. The van der Waals surface area contributed by atoms with Crippen molar-refractivity contribution in [3.8, 4) is 0 Å². The van der Waals surface area contributed by atoms with Gasteiger partial charge in [0.1, 0.15) is 0 Å². The van der Waals surface area contributed by atoms with Crippen molar-refractivity contribution in [2.45, 2.75) is 25.6 Å². The highest BCUT2D eigenvalue weighted by Gasteiger charge is 2.28. The van der Waals surface area contributed by atoms with E-state index in [0.29, 0.717) is 6.54 Å². The number of benzene rings is 1. The summed E-state index contributed by atoms with van der Waals surface area (Å²) in [7, 11) is 0. The van der Waals surface area contributed by atoms with E-state index < -0.39 is 6.10 Å². The molecule has 0 aliphatic carbocycles. The lowest BCUT2D eigenvalue weighted by molar-refractivity contribution is -0.120. The zero-order valence-electron chi connectivity index (χ0n) is 10.3. The van der Waals surface area contributed by atoms with E-state index in [1.54, 1.807) is 11.8 Å². The van der Waals surface area contributed by atoms with Crippen LogP contribution in [0.4, 0.5) is 5.69 Å². The fraction of sp³-hybridized carbons (Fsp3) is 0.462. The van der Waals surface area contributed by atoms with Crippen molar-refractivity contribution in [2.75, 3.05) is 18.1 Å². The Bertz CT molecular complexity index is 436. The molecule has 0 saturated heterocycles. The van der Waals surface area contributed by atoms with E-state index in [1.165, 1.54) is 0 Å². The van der Waals surface area contributed by atoms with Crippen LogP contribution in [0.5, 0.6) is 0 Å². The highest BCUT2D eigenvalue weighted by Crippen LogP contribution is 2.24. The van der Waals surface area contributed by atoms with Crippen LogP contribution in [0.3, 0.4) is 0 Å². The first-order valence-corrected chi connectivity index (χ1v) is 6.05. The summed E-state index contributed by atoms with van der Waals surface area (Å²) in [4.78, 5) is 13.8. The Balaban J connectivity index is 2.35. The highest BCUT2D eigenvalue weighted by atomic mass is 16.3. The smallest absolute Gasteiger partial charge is 0.243 e. The number of nitrogens with one attached hydrogen (secondary N) is 1. The number of fused-ring (bicyclic) bond motifs is 1. The number of nitrogens with zero attached hydrogens (tertiary/aromatic N) is 1. The maximum Gasteiger partial charge on any atom is 0.243 e. The zero-order valence-corrected chi connectivity index (χ0v) is 10.3. The van der Waals surface area contributed by atoms with E-state index in [2.05, 4.69) is 5.32 Å². The molecule has 18 heavy (non-hydrogen) atoms. The summed E-state index contributed by atoms with van der Waals surface area (Å²) >= 11 is 0. The molecule has 1 amide bonds. The normalized spacial score (nSPS) is 21.4. The van der Waals surface area contributed by atoms with Crippen LogP contribution in [0.25, 0.3) is 0 Å². The van der Waals surface area contributed by atoms with Crippen LogP contribution in [0.15, 0.2) is 24.3 Å². The minimum Gasteiger partial charge on any atom is -0.394 e. The molecular weight excluding hydrogens is 232 g/mol. The largest absolute Gasteiger partial charge is 0.394 e. The van der Waals surface area contributed by atoms with Crippen LogP contribution in [-0.4, -0.2) is 41.4 Å². The van der Waals surface area contributed by atoms with Gasteiger partial charge in [-0.05, 0) is 18.6 Å². The molecule has 5 heteroatoms. The Morgan fingerprint density at radius 3 is 2.94 bits per heavy atom. The minimum atomic E-state index is -0.924. The molecule has 0 radical (unpaired) electrons. The first-order valence-electron chi connectivity index (χ1n) is 6.05. The van der Waals surface area contributed by atoms with Crippen molar-refractivity contribution in [3.63, 3.8) is 0 Å². The summed E-state index contributed by atoms with van der Waals surface area (Å²) in [6, 6.07) is 7.29. The van der Waals surface area contributed by atoms with Crippen LogP contribution in [0.1, 0.15) is 12.5 Å². The number of amides is 1. The zero-order chi connectivity index (χ0) is 13.1. The molecule has 2 rings (SSSR count). The van der Waals surface area contributed by atoms with E-state index in [0.717, 1.165) is 11.3 Å². The second kappa shape index (κ2) is 5.48. The van der Waals surface area contributed by atoms with Gasteiger partial charge in [-0.15, -0.1) is 0 Å². The van der Waals surface area contributed by atoms with Gasteiger partial charge in [0.2, 0.25) is 5.91 Å². The quantitative estimate of drug-likeness (QED) is 0.698. The van der Waals surface area contributed by atoms with Gasteiger partial charge >= 0.3 is 0 Å². The molecule has 0 spiro atoms. The summed E-state index contributed by atoms with van der Waals surface area (Å²) in [5.41, 5.74) is 1.81. The number of hydrogen-bond acceptors (Lipinski definition) is 4. The van der Waals surface area contributed by atoms with Crippen LogP contribution in [-0.2, 0) is 11.3 Å². The Kier molecular flexibility index (Phi) is 3.96. The van der Waals surface area contributed by atoms with Crippen molar-refractivity contribution >= 4 is 11.6 Å². The Morgan fingerprint density at radius 2 is 2.22 bits per heavy atom. The van der Waals surface area contributed by atoms with Crippen molar-refractivity contribution in [3.05, 3.63) is 29.8 Å². The van der Waals surface area contributed by atoms with E-state index in [-0.39, 0.29) is 25.1 Å². The Hall–Kier alpha value is -1.43. The first-order chi connectivity index (χ1) is 8.63. The second-order valence-electron chi connectivity index (χ2n) is 4.52. The van der Waals surface area contributed by atoms with Gasteiger partial charge < -0.3 is 20.4 Å². The third kappa shape index (κ3) is 2.53. The van der Waals surface area contributed by atoms with Gasteiger partial charge in [-0.3, -0.25) is 4.79 Å².